The minimum Gasteiger partial charge on any atom is -0.399 e. The number of carbonyl (C=O) groups is 1. The van der Waals surface area contributed by atoms with Crippen LogP contribution in [-0.2, 0) is 15.6 Å². The Kier molecular flexibility index (Phi) is 6.85. The summed E-state index contributed by atoms with van der Waals surface area (Å²) >= 11 is 0. The van der Waals surface area contributed by atoms with Crippen LogP contribution in [-0.4, -0.2) is 19.1 Å². The molecule has 2 rings (SSSR count). The molecule has 0 saturated carbocycles. The van der Waals surface area contributed by atoms with E-state index in [1.807, 2.05) is 6.92 Å². The second kappa shape index (κ2) is 8.10. The number of halogens is 1. The van der Waals surface area contributed by atoms with Crippen molar-refractivity contribution in [2.75, 3.05) is 11.1 Å². The highest BCUT2D eigenvalue weighted by Crippen LogP contribution is 2.22. The van der Waals surface area contributed by atoms with Crippen molar-refractivity contribution in [1.29, 1.82) is 0 Å². The van der Waals surface area contributed by atoms with Gasteiger partial charge in [0.25, 0.3) is 5.91 Å². The number of nitrogen functional groups attached to an aromatic ring is 1. The summed E-state index contributed by atoms with van der Waals surface area (Å²) in [6.45, 7) is 6.87. The SMILES string of the molecule is Cc1ccc(N)cc1C(=O)Nc1cccc(CS(=O)(=O)C(C)(C)C)c1.Cl. The van der Waals surface area contributed by atoms with E-state index in [-0.39, 0.29) is 24.1 Å². The maximum atomic E-state index is 12.5. The van der Waals surface area contributed by atoms with Crippen molar-refractivity contribution in [2.24, 2.45) is 0 Å². The third kappa shape index (κ3) is 5.22. The molecule has 142 valence electrons. The number of carbonyl (C=O) groups excluding carboxylic acids is 1. The molecule has 0 unspecified atom stereocenters. The van der Waals surface area contributed by atoms with Crippen LogP contribution in [0.3, 0.4) is 0 Å². The fourth-order valence-electron chi connectivity index (χ4n) is 2.26. The number of rotatable bonds is 4. The van der Waals surface area contributed by atoms with Gasteiger partial charge < -0.3 is 11.1 Å². The molecule has 0 radical (unpaired) electrons. The van der Waals surface area contributed by atoms with E-state index in [4.69, 9.17) is 5.73 Å². The molecule has 0 bridgehead atoms. The highest BCUT2D eigenvalue weighted by Gasteiger charge is 2.29. The summed E-state index contributed by atoms with van der Waals surface area (Å²) < 4.78 is 23.9. The van der Waals surface area contributed by atoms with Gasteiger partial charge in [0.1, 0.15) is 0 Å². The number of nitrogens with one attached hydrogen (secondary N) is 1. The summed E-state index contributed by atoms with van der Waals surface area (Å²) in [5.41, 5.74) is 8.76. The van der Waals surface area contributed by atoms with E-state index in [0.717, 1.165) is 5.56 Å². The predicted octanol–water partition coefficient (Wildman–Crippen LogP) is 3.96. The molecule has 1 amide bonds. The van der Waals surface area contributed by atoms with E-state index in [1.165, 1.54) is 0 Å². The summed E-state index contributed by atoms with van der Waals surface area (Å²) in [6, 6.07) is 12.0. The molecule has 0 aliphatic heterocycles. The summed E-state index contributed by atoms with van der Waals surface area (Å²) in [5, 5.41) is 2.80. The van der Waals surface area contributed by atoms with Gasteiger partial charge in [-0.25, -0.2) is 8.42 Å². The molecular weight excluding hydrogens is 372 g/mol. The lowest BCUT2D eigenvalue weighted by Gasteiger charge is -2.19. The largest absolute Gasteiger partial charge is 0.399 e. The first-order chi connectivity index (χ1) is 11.5. The van der Waals surface area contributed by atoms with Gasteiger partial charge in [-0.3, -0.25) is 4.79 Å². The zero-order valence-electron chi connectivity index (χ0n) is 15.4. The maximum absolute atomic E-state index is 12.5. The first-order valence-electron chi connectivity index (χ1n) is 7.98. The first-order valence-corrected chi connectivity index (χ1v) is 9.63. The molecule has 0 atom stereocenters. The number of benzene rings is 2. The van der Waals surface area contributed by atoms with Crippen molar-refractivity contribution in [3.63, 3.8) is 0 Å². The van der Waals surface area contributed by atoms with Gasteiger partial charge >= 0.3 is 0 Å². The summed E-state index contributed by atoms with van der Waals surface area (Å²) in [7, 11) is -3.29. The van der Waals surface area contributed by atoms with E-state index in [9.17, 15) is 13.2 Å². The van der Waals surface area contributed by atoms with Gasteiger partial charge in [-0.2, -0.15) is 0 Å². The van der Waals surface area contributed by atoms with E-state index in [1.54, 1.807) is 63.2 Å². The number of amides is 1. The Morgan fingerprint density at radius 3 is 2.38 bits per heavy atom. The number of sulfone groups is 1. The lowest BCUT2D eigenvalue weighted by molar-refractivity contribution is 0.102. The lowest BCUT2D eigenvalue weighted by atomic mass is 10.1. The number of hydrogen-bond donors (Lipinski definition) is 2. The third-order valence-corrected chi connectivity index (χ3v) is 6.56. The van der Waals surface area contributed by atoms with Gasteiger partial charge in [0.05, 0.1) is 10.5 Å². The first kappa shape index (κ1) is 22.0. The van der Waals surface area contributed by atoms with Gasteiger partial charge in [-0.15, -0.1) is 12.4 Å². The zero-order valence-corrected chi connectivity index (χ0v) is 17.0. The molecule has 7 heteroatoms. The highest BCUT2D eigenvalue weighted by atomic mass is 35.5. The smallest absolute Gasteiger partial charge is 0.256 e. The molecule has 0 aliphatic carbocycles. The molecule has 2 aromatic carbocycles. The van der Waals surface area contributed by atoms with Crippen LogP contribution in [0.2, 0.25) is 0 Å². The summed E-state index contributed by atoms with van der Waals surface area (Å²) in [4.78, 5) is 12.5. The Bertz CT molecular complexity index is 903. The van der Waals surface area contributed by atoms with Gasteiger partial charge in [-0.05, 0) is 63.1 Å². The Labute approximate surface area is 161 Å². The topological polar surface area (TPSA) is 89.3 Å². The van der Waals surface area contributed by atoms with Crippen molar-refractivity contribution in [3.05, 3.63) is 59.2 Å². The van der Waals surface area contributed by atoms with Crippen LogP contribution < -0.4 is 11.1 Å². The third-order valence-electron chi connectivity index (χ3n) is 3.98. The number of nitrogens with two attached hydrogens (primary N) is 1. The van der Waals surface area contributed by atoms with Crippen LogP contribution >= 0.6 is 12.4 Å². The van der Waals surface area contributed by atoms with Crippen LogP contribution in [0.5, 0.6) is 0 Å². The van der Waals surface area contributed by atoms with Crippen LogP contribution in [0, 0.1) is 6.92 Å². The highest BCUT2D eigenvalue weighted by molar-refractivity contribution is 7.91. The Balaban J connectivity index is 0.00000338. The molecular formula is C19H25ClN2O3S. The van der Waals surface area contributed by atoms with E-state index >= 15 is 0 Å². The van der Waals surface area contributed by atoms with E-state index in [2.05, 4.69) is 5.32 Å². The van der Waals surface area contributed by atoms with Crippen LogP contribution in [0.25, 0.3) is 0 Å². The number of anilines is 2. The lowest BCUT2D eigenvalue weighted by Crippen LogP contribution is -2.29. The van der Waals surface area contributed by atoms with Gasteiger partial charge in [-0.1, -0.05) is 18.2 Å². The van der Waals surface area contributed by atoms with Crippen molar-refractivity contribution < 1.29 is 13.2 Å². The minimum absolute atomic E-state index is 0. The van der Waals surface area contributed by atoms with Crippen LogP contribution in [0.1, 0.15) is 42.3 Å². The fourth-order valence-corrected chi connectivity index (χ4v) is 3.31. The molecule has 3 N–H and O–H groups in total. The standard InChI is InChI=1S/C19H24N2O3S.ClH/c1-13-8-9-15(20)11-17(13)18(22)21-16-7-5-6-14(10-16)12-25(23,24)19(2,3)4;/h5-11H,12,20H2,1-4H3,(H,21,22);1H. The van der Waals surface area contributed by atoms with Crippen molar-refractivity contribution in [1.82, 2.24) is 0 Å². The molecule has 0 saturated heterocycles. The van der Waals surface area contributed by atoms with Gasteiger partial charge in [0, 0.05) is 16.9 Å². The van der Waals surface area contributed by atoms with Crippen molar-refractivity contribution >= 4 is 39.5 Å². The molecule has 26 heavy (non-hydrogen) atoms. The fraction of sp³-hybridized carbons (Fsp3) is 0.316. The van der Waals surface area contributed by atoms with Crippen molar-refractivity contribution in [3.8, 4) is 0 Å². The van der Waals surface area contributed by atoms with Crippen LogP contribution in [0.4, 0.5) is 11.4 Å². The van der Waals surface area contributed by atoms with Crippen LogP contribution in [0.15, 0.2) is 42.5 Å². The van der Waals surface area contributed by atoms with E-state index < -0.39 is 14.6 Å². The Hall–Kier alpha value is -2.05. The Morgan fingerprint density at radius 1 is 1.12 bits per heavy atom. The van der Waals surface area contributed by atoms with Crippen molar-refractivity contribution in [2.45, 2.75) is 38.2 Å². The van der Waals surface area contributed by atoms with E-state index in [0.29, 0.717) is 22.5 Å². The van der Waals surface area contributed by atoms with Gasteiger partial charge in [0.15, 0.2) is 9.84 Å². The average molecular weight is 397 g/mol. The monoisotopic (exact) mass is 396 g/mol. The normalized spacial score (nSPS) is 11.5. The average Bonchev–Trinajstić information content (AvgIpc) is 2.48. The summed E-state index contributed by atoms with van der Waals surface area (Å²) in [6.07, 6.45) is 0. The maximum Gasteiger partial charge on any atom is 0.256 e. The molecule has 2 aromatic rings. The molecule has 0 heterocycles. The molecule has 0 spiro atoms. The van der Waals surface area contributed by atoms with Gasteiger partial charge in [0.2, 0.25) is 0 Å². The predicted molar refractivity (Wildman–Crippen MR) is 110 cm³/mol. The Morgan fingerprint density at radius 2 is 1.77 bits per heavy atom. The molecule has 0 aromatic heterocycles. The minimum atomic E-state index is -3.29. The molecule has 5 nitrogen and oxygen atoms in total. The summed E-state index contributed by atoms with van der Waals surface area (Å²) in [5.74, 6) is -0.349. The quantitative estimate of drug-likeness (QED) is 0.765. The second-order valence-electron chi connectivity index (χ2n) is 7.10. The molecule has 0 fully saturated rings. The zero-order chi connectivity index (χ0) is 18.8. The molecule has 0 aliphatic rings. The number of hydrogen-bond acceptors (Lipinski definition) is 4. The number of aryl methyl sites for hydroxylation is 1. The second-order valence-corrected chi connectivity index (χ2v) is 9.84.